The maximum absolute atomic E-state index is 5.41. The Kier molecular flexibility index (Phi) is 5.71. The van der Waals surface area contributed by atoms with Crippen molar-refractivity contribution in [3.05, 3.63) is 157 Å². The maximum Gasteiger partial charge on any atom is 0.235 e. The van der Waals surface area contributed by atoms with Crippen molar-refractivity contribution >= 4 is 65.0 Å². The molecule has 0 fully saturated rings. The average molecular weight is 619 g/mol. The molecule has 6 aromatic carbocycles. The Morgan fingerprint density at radius 1 is 0.532 bits per heavy atom. The van der Waals surface area contributed by atoms with Crippen LogP contribution < -0.4 is 0 Å². The van der Waals surface area contributed by atoms with Gasteiger partial charge >= 0.3 is 0 Å². The number of hydrogen-bond donors (Lipinski definition) is 0. The largest absolute Gasteiger partial charge is 0.316 e. The van der Waals surface area contributed by atoms with Crippen molar-refractivity contribution in [3.63, 3.8) is 0 Å². The first-order valence-corrected chi connectivity index (χ1v) is 16.6. The highest BCUT2D eigenvalue weighted by Gasteiger charge is 2.20. The van der Waals surface area contributed by atoms with Crippen LogP contribution in [0.4, 0.5) is 0 Å². The Labute approximate surface area is 274 Å². The van der Waals surface area contributed by atoms with Crippen LogP contribution in [0.3, 0.4) is 0 Å². The van der Waals surface area contributed by atoms with E-state index in [1.165, 1.54) is 32.7 Å². The first kappa shape index (κ1) is 26.2. The summed E-state index contributed by atoms with van der Waals surface area (Å²) in [7, 11) is 0. The SMILES string of the molecule is c1ccc(-n2ccc3c2ccc2c4ccccc4n(-c4nc(-c5cccc(-c6cccc7ccccc67)c5)c5sccc5n4)c23)cc1. The lowest BCUT2D eigenvalue weighted by Gasteiger charge is -2.12. The first-order valence-electron chi connectivity index (χ1n) is 15.7. The van der Waals surface area contributed by atoms with Crippen molar-refractivity contribution in [2.75, 3.05) is 0 Å². The fourth-order valence-corrected chi connectivity index (χ4v) is 8.00. The quantitative estimate of drug-likeness (QED) is 0.197. The summed E-state index contributed by atoms with van der Waals surface area (Å²) in [6.07, 6.45) is 2.16. The molecular weight excluding hydrogens is 593 g/mol. The molecule has 0 spiro atoms. The van der Waals surface area contributed by atoms with E-state index in [0.29, 0.717) is 5.95 Å². The lowest BCUT2D eigenvalue weighted by molar-refractivity contribution is 1.02. The predicted molar refractivity (Wildman–Crippen MR) is 197 cm³/mol. The van der Waals surface area contributed by atoms with Gasteiger partial charge in [0.15, 0.2) is 0 Å². The highest BCUT2D eigenvalue weighted by atomic mass is 32.1. The van der Waals surface area contributed by atoms with Gasteiger partial charge in [-0.25, -0.2) is 9.97 Å². The van der Waals surface area contributed by atoms with E-state index in [0.717, 1.165) is 49.1 Å². The minimum Gasteiger partial charge on any atom is -0.316 e. The van der Waals surface area contributed by atoms with E-state index in [4.69, 9.17) is 9.97 Å². The molecule has 0 radical (unpaired) electrons. The third-order valence-corrected chi connectivity index (χ3v) is 10.2. The second-order valence-electron chi connectivity index (χ2n) is 11.9. The molecule has 4 heterocycles. The molecule has 5 heteroatoms. The Hall–Kier alpha value is -6.04. The molecule has 0 saturated carbocycles. The van der Waals surface area contributed by atoms with Crippen molar-refractivity contribution in [3.8, 4) is 34.0 Å². The van der Waals surface area contributed by atoms with Gasteiger partial charge in [-0.05, 0) is 69.7 Å². The normalized spacial score (nSPS) is 11.8. The van der Waals surface area contributed by atoms with E-state index in [2.05, 4.69) is 166 Å². The maximum atomic E-state index is 5.41. The van der Waals surface area contributed by atoms with Crippen molar-refractivity contribution in [2.45, 2.75) is 0 Å². The van der Waals surface area contributed by atoms with E-state index in [1.807, 2.05) is 0 Å². The Balaban J connectivity index is 1.23. The third kappa shape index (κ3) is 4.00. The molecule has 0 aliphatic heterocycles. The molecule has 47 heavy (non-hydrogen) atoms. The number of fused-ring (bicyclic) bond motifs is 7. The van der Waals surface area contributed by atoms with Gasteiger partial charge in [0.25, 0.3) is 0 Å². The molecule has 220 valence electrons. The van der Waals surface area contributed by atoms with Crippen molar-refractivity contribution in [1.82, 2.24) is 19.1 Å². The first-order chi connectivity index (χ1) is 23.3. The summed E-state index contributed by atoms with van der Waals surface area (Å²) in [5.74, 6) is 0.674. The summed E-state index contributed by atoms with van der Waals surface area (Å²) < 4.78 is 5.60. The number of hydrogen-bond acceptors (Lipinski definition) is 3. The molecule has 4 aromatic heterocycles. The van der Waals surface area contributed by atoms with Crippen LogP contribution in [0.1, 0.15) is 0 Å². The minimum absolute atomic E-state index is 0.674. The second-order valence-corrected chi connectivity index (χ2v) is 12.8. The zero-order chi connectivity index (χ0) is 30.9. The van der Waals surface area contributed by atoms with Gasteiger partial charge in [0.05, 0.1) is 32.5 Å². The molecule has 0 bridgehead atoms. The van der Waals surface area contributed by atoms with Gasteiger partial charge in [-0.2, -0.15) is 0 Å². The molecule has 4 nitrogen and oxygen atoms in total. The van der Waals surface area contributed by atoms with E-state index in [-0.39, 0.29) is 0 Å². The molecule has 0 N–H and O–H groups in total. The number of aromatic nitrogens is 4. The third-order valence-electron chi connectivity index (χ3n) is 9.27. The highest BCUT2D eigenvalue weighted by Crippen LogP contribution is 2.39. The van der Waals surface area contributed by atoms with Crippen LogP contribution in [0.25, 0.3) is 87.7 Å². The minimum atomic E-state index is 0.674. The summed E-state index contributed by atoms with van der Waals surface area (Å²) in [6.45, 7) is 0. The molecule has 0 amide bonds. The molecule has 0 atom stereocenters. The van der Waals surface area contributed by atoms with Crippen LogP contribution in [-0.2, 0) is 0 Å². The van der Waals surface area contributed by atoms with Gasteiger partial charge < -0.3 is 4.57 Å². The van der Waals surface area contributed by atoms with Gasteiger partial charge in [-0.1, -0.05) is 103 Å². The van der Waals surface area contributed by atoms with Crippen LogP contribution in [-0.4, -0.2) is 19.1 Å². The monoisotopic (exact) mass is 618 g/mol. The number of thiophene rings is 1. The van der Waals surface area contributed by atoms with E-state index < -0.39 is 0 Å². The zero-order valence-corrected chi connectivity index (χ0v) is 26.0. The topological polar surface area (TPSA) is 35.6 Å². The lowest BCUT2D eigenvalue weighted by atomic mass is 9.96. The Morgan fingerprint density at radius 3 is 2.26 bits per heavy atom. The van der Waals surface area contributed by atoms with Crippen LogP contribution in [0.15, 0.2) is 157 Å². The van der Waals surface area contributed by atoms with Crippen LogP contribution in [0.2, 0.25) is 0 Å². The average Bonchev–Trinajstić information content (AvgIpc) is 3.87. The number of benzene rings is 6. The molecule has 0 saturated heterocycles. The van der Waals surface area contributed by atoms with Crippen molar-refractivity contribution in [1.29, 1.82) is 0 Å². The van der Waals surface area contributed by atoms with Crippen molar-refractivity contribution < 1.29 is 0 Å². The predicted octanol–water partition coefficient (Wildman–Crippen LogP) is 11.2. The van der Waals surface area contributed by atoms with Gasteiger partial charge in [0.2, 0.25) is 5.95 Å². The summed E-state index contributed by atoms with van der Waals surface area (Å²) in [5, 5.41) is 8.13. The molecule has 10 rings (SSSR count). The summed E-state index contributed by atoms with van der Waals surface area (Å²) in [4.78, 5) is 10.6. The van der Waals surface area contributed by atoms with Crippen molar-refractivity contribution in [2.24, 2.45) is 0 Å². The van der Waals surface area contributed by atoms with E-state index in [1.54, 1.807) is 11.3 Å². The van der Waals surface area contributed by atoms with Gasteiger partial charge in [-0.3, -0.25) is 4.57 Å². The van der Waals surface area contributed by atoms with Gasteiger partial charge in [0.1, 0.15) is 0 Å². The summed E-state index contributed by atoms with van der Waals surface area (Å²) in [6, 6.07) is 51.8. The fourth-order valence-electron chi connectivity index (χ4n) is 7.16. The molecule has 10 aromatic rings. The number of para-hydroxylation sites is 2. The standard InChI is InChI=1S/C42H26N4S/c1-2-14-30(15-3-1)45-24-22-35-37(45)21-20-34-33-17-6-7-19-38(33)46(40(34)35)42-43-36-23-25-47-41(36)39(44-42)29-13-8-12-28(26-29)32-18-9-11-27-10-4-5-16-31(27)32/h1-26H. The molecular formula is C42H26N4S. The Bertz CT molecular complexity index is 2800. The fraction of sp³-hybridized carbons (Fsp3) is 0. The second kappa shape index (κ2) is 10.2. The van der Waals surface area contributed by atoms with E-state index >= 15 is 0 Å². The van der Waals surface area contributed by atoms with Gasteiger partial charge in [-0.15, -0.1) is 11.3 Å². The summed E-state index contributed by atoms with van der Waals surface area (Å²) >= 11 is 1.69. The molecule has 0 unspecified atom stereocenters. The van der Waals surface area contributed by atoms with Crippen LogP contribution in [0.5, 0.6) is 0 Å². The van der Waals surface area contributed by atoms with Crippen LogP contribution >= 0.6 is 11.3 Å². The van der Waals surface area contributed by atoms with E-state index in [9.17, 15) is 0 Å². The highest BCUT2D eigenvalue weighted by molar-refractivity contribution is 7.17. The lowest BCUT2D eigenvalue weighted by Crippen LogP contribution is -2.03. The molecule has 0 aliphatic rings. The molecule has 0 aliphatic carbocycles. The zero-order valence-electron chi connectivity index (χ0n) is 25.2. The van der Waals surface area contributed by atoms with Crippen LogP contribution in [0, 0.1) is 0 Å². The Morgan fingerprint density at radius 2 is 1.32 bits per heavy atom. The smallest absolute Gasteiger partial charge is 0.235 e. The van der Waals surface area contributed by atoms with Gasteiger partial charge in [0, 0.05) is 33.6 Å². The number of nitrogens with zero attached hydrogens (tertiary/aromatic N) is 4. The number of rotatable bonds is 4. The summed E-state index contributed by atoms with van der Waals surface area (Å²) in [5.41, 5.74) is 9.84.